The van der Waals surface area contributed by atoms with Crippen molar-refractivity contribution in [2.24, 2.45) is 5.92 Å². The number of pyridine rings is 1. The first-order chi connectivity index (χ1) is 11.0. The smallest absolute Gasteiger partial charge is 0.464 e. The van der Waals surface area contributed by atoms with E-state index in [1.807, 2.05) is 5.32 Å². The number of hydrogen-bond acceptors (Lipinski definition) is 4. The van der Waals surface area contributed by atoms with Gasteiger partial charge in [-0.25, -0.2) is 15.1 Å². The minimum absolute atomic E-state index is 0.134. The summed E-state index contributed by atoms with van der Waals surface area (Å²) in [6.45, 7) is 3.34. The minimum atomic E-state index is -5.15. The highest BCUT2D eigenvalue weighted by Gasteiger charge is 2.67. The van der Waals surface area contributed by atoms with Gasteiger partial charge >= 0.3 is 17.8 Å². The highest BCUT2D eigenvalue weighted by atomic mass is 79.9. The molecule has 0 bridgehead atoms. The zero-order valence-corrected chi connectivity index (χ0v) is 14.8. The number of esters is 1. The lowest BCUT2D eigenvalue weighted by Gasteiger charge is -2.30. The number of amides is 1. The van der Waals surface area contributed by atoms with E-state index in [1.165, 1.54) is 18.3 Å². The fourth-order valence-corrected chi connectivity index (χ4v) is 2.11. The number of carbonyl (C=O) groups is 2. The van der Waals surface area contributed by atoms with Gasteiger partial charge in [0.15, 0.2) is 0 Å². The second kappa shape index (κ2) is 7.82. The molecule has 1 aromatic rings. The molecule has 3 N–H and O–H groups in total. The number of hydrogen-bond donors (Lipinski definition) is 2. The summed E-state index contributed by atoms with van der Waals surface area (Å²) in [4.78, 5) is 26.4. The van der Waals surface area contributed by atoms with Crippen molar-refractivity contribution in [1.82, 2.24) is 5.32 Å². The molecule has 0 aromatic carbocycles. The molecule has 0 aliphatic carbocycles. The summed E-state index contributed by atoms with van der Waals surface area (Å²) >= 11 is 3.13. The fraction of sp³-hybridized carbons (Fsp3) is 0.500. The van der Waals surface area contributed by atoms with E-state index in [0.717, 1.165) is 7.11 Å². The first-order valence-electron chi connectivity index (χ1n) is 6.93. The van der Waals surface area contributed by atoms with E-state index in [1.54, 1.807) is 19.2 Å². The van der Waals surface area contributed by atoms with Crippen LogP contribution < -0.4 is 15.6 Å². The third-order valence-corrected chi connectivity index (χ3v) is 3.43. The van der Waals surface area contributed by atoms with Gasteiger partial charge in [0.25, 0.3) is 5.82 Å². The maximum atomic E-state index is 13.7. The predicted molar refractivity (Wildman–Crippen MR) is 82.7 cm³/mol. The van der Waals surface area contributed by atoms with Crippen LogP contribution in [0.4, 0.5) is 19.0 Å². The molecular weight excluding hydrogens is 395 g/mol. The number of anilines is 1. The first-order valence-corrected chi connectivity index (χ1v) is 7.72. The van der Waals surface area contributed by atoms with Gasteiger partial charge in [0.2, 0.25) is 5.91 Å². The number of carbonyl (C=O) groups excluding carboxylic acids is 2. The Morgan fingerprint density at radius 3 is 2.38 bits per heavy atom. The van der Waals surface area contributed by atoms with Crippen molar-refractivity contribution < 1.29 is 32.5 Å². The fourth-order valence-electron chi connectivity index (χ4n) is 1.86. The third kappa shape index (κ3) is 4.83. The summed E-state index contributed by atoms with van der Waals surface area (Å²) in [6, 6.07) is 2.75. The normalized spacial score (nSPS) is 14.0. The zero-order valence-electron chi connectivity index (χ0n) is 13.3. The molecule has 0 unspecified atom stereocenters. The van der Waals surface area contributed by atoms with Crippen LogP contribution in [0.15, 0.2) is 22.8 Å². The molecule has 24 heavy (non-hydrogen) atoms. The predicted octanol–water partition coefficient (Wildman–Crippen LogP) is 2.27. The number of nitrogens with one attached hydrogen (secondary N) is 3. The molecule has 0 spiro atoms. The van der Waals surface area contributed by atoms with Crippen molar-refractivity contribution >= 4 is 33.6 Å². The number of aromatic amines is 1. The molecule has 0 fully saturated rings. The summed E-state index contributed by atoms with van der Waals surface area (Å²) in [5.41, 5.74) is -3.40. The van der Waals surface area contributed by atoms with Crippen LogP contribution in [0.25, 0.3) is 0 Å². The monoisotopic (exact) mass is 412 g/mol. The Morgan fingerprint density at radius 2 is 1.96 bits per heavy atom. The molecule has 1 rings (SSSR count). The van der Waals surface area contributed by atoms with Crippen LogP contribution in [0.1, 0.15) is 20.3 Å². The Balaban J connectivity index is 3.28. The molecule has 0 aliphatic rings. The largest absolute Gasteiger partial charge is 0.464 e. The summed E-state index contributed by atoms with van der Waals surface area (Å²) in [5.74, 6) is -2.93. The van der Waals surface area contributed by atoms with E-state index < -0.39 is 23.7 Å². The van der Waals surface area contributed by atoms with Crippen LogP contribution >= 0.6 is 15.9 Å². The second-order valence-electron chi connectivity index (χ2n) is 5.43. The van der Waals surface area contributed by atoms with Crippen molar-refractivity contribution in [2.75, 3.05) is 12.4 Å². The maximum absolute atomic E-state index is 13.7. The van der Waals surface area contributed by atoms with Gasteiger partial charge in [-0.2, -0.15) is 13.2 Å². The number of rotatable bonds is 6. The van der Waals surface area contributed by atoms with E-state index in [-0.39, 0.29) is 18.2 Å². The molecule has 1 aromatic heterocycles. The number of ether oxygens (including phenoxy) is 1. The van der Waals surface area contributed by atoms with Crippen molar-refractivity contribution in [3.63, 3.8) is 0 Å². The lowest BCUT2D eigenvalue weighted by molar-refractivity contribution is -0.363. The Kier molecular flexibility index (Phi) is 6.58. The third-order valence-electron chi connectivity index (χ3n) is 2.93. The van der Waals surface area contributed by atoms with Crippen LogP contribution in [0, 0.1) is 5.92 Å². The highest BCUT2D eigenvalue weighted by molar-refractivity contribution is 9.10. The summed E-state index contributed by atoms with van der Waals surface area (Å²) in [6.07, 6.45) is -3.95. The van der Waals surface area contributed by atoms with Gasteiger partial charge in [0.05, 0.1) is 11.6 Å². The molecule has 10 heteroatoms. The average molecular weight is 413 g/mol. The van der Waals surface area contributed by atoms with Crippen molar-refractivity contribution in [3.05, 3.63) is 22.8 Å². The number of H-pyrrole nitrogens is 1. The zero-order chi connectivity index (χ0) is 18.5. The highest BCUT2D eigenvalue weighted by Crippen LogP contribution is 2.32. The van der Waals surface area contributed by atoms with Gasteiger partial charge in [0, 0.05) is 12.5 Å². The molecule has 0 aliphatic heterocycles. The molecule has 0 saturated carbocycles. The molecule has 0 saturated heterocycles. The quantitative estimate of drug-likeness (QED) is 0.554. The first kappa shape index (κ1) is 20.2. The molecule has 0 radical (unpaired) electrons. The standard InChI is InChI=1S/C14H17BrF3N3O3/c1-8(2)6-11(22)21-13(12(23)24-3,14(16,17)18)20-10-5-4-9(15)7-19-10/h4-5,7-8H,6H2,1-3H3,(H,19,20)(H,21,22)/p+1/t13-/m0/s1. The minimum Gasteiger partial charge on any atom is -0.464 e. The molecule has 134 valence electrons. The Morgan fingerprint density at radius 1 is 1.33 bits per heavy atom. The van der Waals surface area contributed by atoms with Gasteiger partial charge < -0.3 is 4.74 Å². The van der Waals surface area contributed by atoms with Crippen LogP contribution in [-0.2, 0) is 14.3 Å². The number of aromatic nitrogens is 1. The number of methoxy groups -OCH3 is 1. The topological polar surface area (TPSA) is 81.6 Å². The Labute approximate surface area is 145 Å². The van der Waals surface area contributed by atoms with Gasteiger partial charge in [-0.3, -0.25) is 10.1 Å². The van der Waals surface area contributed by atoms with E-state index in [0.29, 0.717) is 4.47 Å². The van der Waals surface area contributed by atoms with E-state index in [4.69, 9.17) is 0 Å². The summed E-state index contributed by atoms with van der Waals surface area (Å²) < 4.78 is 45.9. The molecule has 1 atom stereocenters. The Hall–Kier alpha value is -1.84. The summed E-state index contributed by atoms with van der Waals surface area (Å²) in [5, 5.41) is 3.74. The average Bonchev–Trinajstić information content (AvgIpc) is 2.45. The van der Waals surface area contributed by atoms with E-state index in [9.17, 15) is 22.8 Å². The van der Waals surface area contributed by atoms with Crippen molar-refractivity contribution in [2.45, 2.75) is 32.1 Å². The van der Waals surface area contributed by atoms with Crippen LogP contribution in [0.3, 0.4) is 0 Å². The van der Waals surface area contributed by atoms with Crippen molar-refractivity contribution in [1.29, 1.82) is 0 Å². The molecule has 6 nitrogen and oxygen atoms in total. The van der Waals surface area contributed by atoms with Gasteiger partial charge in [-0.15, -0.1) is 0 Å². The van der Waals surface area contributed by atoms with E-state index >= 15 is 0 Å². The van der Waals surface area contributed by atoms with Gasteiger partial charge in [0.1, 0.15) is 6.20 Å². The van der Waals surface area contributed by atoms with Crippen LogP contribution in [-0.4, -0.2) is 30.8 Å². The van der Waals surface area contributed by atoms with Gasteiger partial charge in [-0.1, -0.05) is 13.8 Å². The molecule has 1 amide bonds. The number of alkyl halides is 3. The van der Waals surface area contributed by atoms with Gasteiger partial charge in [-0.05, 0) is 27.9 Å². The SMILES string of the molecule is COC(=O)[C@@](NC(=O)CC(C)C)(Nc1ccc(Br)c[nH+]1)C(F)(F)F. The second-order valence-corrected chi connectivity index (χ2v) is 6.35. The number of halogens is 4. The van der Waals surface area contributed by atoms with Crippen LogP contribution in [0.5, 0.6) is 0 Å². The maximum Gasteiger partial charge on any atom is 0.464 e. The Bertz CT molecular complexity index is 593. The lowest BCUT2D eigenvalue weighted by atomic mass is 10.1. The van der Waals surface area contributed by atoms with E-state index in [2.05, 4.69) is 25.7 Å². The van der Waals surface area contributed by atoms with Crippen LogP contribution in [0.2, 0.25) is 0 Å². The van der Waals surface area contributed by atoms with Crippen molar-refractivity contribution in [3.8, 4) is 0 Å². The molecular formula is C14H18BrF3N3O3+. The lowest BCUT2D eigenvalue weighted by Crippen LogP contribution is -2.69. The molecule has 1 heterocycles. The summed E-state index contributed by atoms with van der Waals surface area (Å²) in [7, 11) is 0.810.